The molecule has 0 radical (unpaired) electrons. The minimum Gasteiger partial charge on any atom is -0.497 e. The summed E-state index contributed by atoms with van der Waals surface area (Å²) in [5.41, 5.74) is 2.09. The van der Waals surface area contributed by atoms with Gasteiger partial charge in [0.2, 0.25) is 11.8 Å². The lowest BCUT2D eigenvalue weighted by atomic mass is 10.1. The highest BCUT2D eigenvalue weighted by Crippen LogP contribution is 2.21. The topological polar surface area (TPSA) is 58.6 Å². The van der Waals surface area contributed by atoms with Crippen LogP contribution in [-0.4, -0.2) is 41.7 Å². The summed E-state index contributed by atoms with van der Waals surface area (Å²) in [7, 11) is 1.63. The van der Waals surface area contributed by atoms with Crippen molar-refractivity contribution in [2.45, 2.75) is 63.4 Å². The second kappa shape index (κ2) is 12.9. The van der Waals surface area contributed by atoms with E-state index in [1.807, 2.05) is 55.5 Å². The quantitative estimate of drug-likeness (QED) is 0.457. The molecule has 2 amide bonds. The zero-order chi connectivity index (χ0) is 23.6. The molecule has 0 aromatic heterocycles. The van der Waals surface area contributed by atoms with E-state index in [-0.39, 0.29) is 17.9 Å². The van der Waals surface area contributed by atoms with Gasteiger partial charge in [0.1, 0.15) is 11.8 Å². The molecule has 1 atom stereocenters. The predicted octanol–water partition coefficient (Wildman–Crippen LogP) is 5.45. The van der Waals surface area contributed by atoms with E-state index >= 15 is 0 Å². The Kier molecular flexibility index (Phi) is 9.95. The number of hydrogen-bond donors (Lipinski definition) is 1. The maximum absolute atomic E-state index is 13.3. The maximum atomic E-state index is 13.3. The molecule has 1 saturated carbocycles. The van der Waals surface area contributed by atoms with Crippen LogP contribution in [0.3, 0.4) is 0 Å². The Balaban J connectivity index is 1.69. The number of ether oxygens (including phenoxy) is 1. The Hall–Kier alpha value is -2.18. The van der Waals surface area contributed by atoms with Gasteiger partial charge in [0, 0.05) is 23.4 Å². The first-order valence-corrected chi connectivity index (χ1v) is 13.1. The summed E-state index contributed by atoms with van der Waals surface area (Å²) in [5, 5.41) is 3.88. The molecule has 1 aliphatic rings. The highest BCUT2D eigenvalue weighted by atomic mass is 35.5. The average molecular weight is 489 g/mol. The molecule has 0 spiro atoms. The molecule has 5 nitrogen and oxygen atoms in total. The SMILES string of the molecule is CC[C@@H](C(=O)NC1CCCC1)N(Cc1ccc(OC)cc1)C(=O)CSCc1ccc(Cl)cc1. The third kappa shape index (κ3) is 7.68. The summed E-state index contributed by atoms with van der Waals surface area (Å²) >= 11 is 7.51. The van der Waals surface area contributed by atoms with E-state index < -0.39 is 6.04 Å². The van der Waals surface area contributed by atoms with Gasteiger partial charge in [-0.2, -0.15) is 0 Å². The van der Waals surface area contributed by atoms with E-state index in [9.17, 15) is 9.59 Å². The summed E-state index contributed by atoms with van der Waals surface area (Å²) in [4.78, 5) is 28.2. The standard InChI is InChI=1S/C26H33ClN2O3S/c1-3-24(26(31)28-22-6-4-5-7-22)29(16-19-10-14-23(32-2)15-11-19)25(30)18-33-17-20-8-12-21(27)13-9-20/h8-15,22,24H,3-7,16-18H2,1-2H3,(H,28,31)/t24-/m0/s1. The highest BCUT2D eigenvalue weighted by Gasteiger charge is 2.30. The van der Waals surface area contributed by atoms with Crippen molar-refractivity contribution in [3.05, 3.63) is 64.7 Å². The van der Waals surface area contributed by atoms with Crippen molar-refractivity contribution in [2.24, 2.45) is 0 Å². The molecule has 0 heterocycles. The van der Waals surface area contributed by atoms with Gasteiger partial charge in [-0.1, -0.05) is 55.6 Å². The van der Waals surface area contributed by atoms with Gasteiger partial charge in [-0.15, -0.1) is 11.8 Å². The number of carbonyl (C=O) groups is 2. The van der Waals surface area contributed by atoms with Crippen molar-refractivity contribution in [1.82, 2.24) is 10.2 Å². The molecule has 7 heteroatoms. The van der Waals surface area contributed by atoms with Crippen molar-refractivity contribution in [1.29, 1.82) is 0 Å². The third-order valence-electron chi connectivity index (χ3n) is 6.01. The van der Waals surface area contributed by atoms with Crippen LogP contribution in [0.5, 0.6) is 5.75 Å². The molecule has 1 fully saturated rings. The summed E-state index contributed by atoms with van der Waals surface area (Å²) in [6.07, 6.45) is 4.91. The van der Waals surface area contributed by atoms with Crippen LogP contribution in [0, 0.1) is 0 Å². The van der Waals surface area contributed by atoms with Crippen molar-refractivity contribution >= 4 is 35.2 Å². The van der Waals surface area contributed by atoms with Gasteiger partial charge < -0.3 is 15.0 Å². The fourth-order valence-electron chi connectivity index (χ4n) is 4.13. The molecular weight excluding hydrogens is 456 g/mol. The van der Waals surface area contributed by atoms with Crippen molar-refractivity contribution in [3.63, 3.8) is 0 Å². The molecule has 33 heavy (non-hydrogen) atoms. The Morgan fingerprint density at radius 3 is 2.33 bits per heavy atom. The molecule has 3 rings (SSSR count). The normalized spacial score (nSPS) is 14.6. The molecule has 0 bridgehead atoms. The number of nitrogens with one attached hydrogen (secondary N) is 1. The summed E-state index contributed by atoms with van der Waals surface area (Å²) < 4.78 is 5.25. The van der Waals surface area contributed by atoms with Gasteiger partial charge in [-0.25, -0.2) is 0 Å². The van der Waals surface area contributed by atoms with Gasteiger partial charge in [-0.05, 0) is 54.7 Å². The Morgan fingerprint density at radius 1 is 1.09 bits per heavy atom. The first-order valence-electron chi connectivity index (χ1n) is 11.5. The van der Waals surface area contributed by atoms with Crippen molar-refractivity contribution < 1.29 is 14.3 Å². The number of nitrogens with zero attached hydrogens (tertiary/aromatic N) is 1. The minimum absolute atomic E-state index is 0.0294. The molecule has 0 saturated heterocycles. The zero-order valence-electron chi connectivity index (χ0n) is 19.4. The lowest BCUT2D eigenvalue weighted by Crippen LogP contribution is -2.51. The van der Waals surface area contributed by atoms with E-state index in [0.717, 1.165) is 42.6 Å². The monoisotopic (exact) mass is 488 g/mol. The Morgan fingerprint density at radius 2 is 1.73 bits per heavy atom. The molecule has 0 aliphatic heterocycles. The van der Waals surface area contributed by atoms with Crippen LogP contribution in [0.4, 0.5) is 0 Å². The van der Waals surface area contributed by atoms with Crippen LogP contribution in [0.15, 0.2) is 48.5 Å². The van der Waals surface area contributed by atoms with Crippen LogP contribution < -0.4 is 10.1 Å². The number of methoxy groups -OCH3 is 1. The van der Waals surface area contributed by atoms with Crippen LogP contribution in [0.25, 0.3) is 0 Å². The summed E-state index contributed by atoms with van der Waals surface area (Å²) in [6, 6.07) is 15.0. The second-order valence-electron chi connectivity index (χ2n) is 8.40. The summed E-state index contributed by atoms with van der Waals surface area (Å²) in [6.45, 7) is 2.36. The van der Waals surface area contributed by atoms with Crippen molar-refractivity contribution in [2.75, 3.05) is 12.9 Å². The first kappa shape index (κ1) is 25.4. The number of halogens is 1. The van der Waals surface area contributed by atoms with Crippen LogP contribution >= 0.6 is 23.4 Å². The number of amides is 2. The average Bonchev–Trinajstić information content (AvgIpc) is 3.33. The number of hydrogen-bond acceptors (Lipinski definition) is 4. The van der Waals surface area contributed by atoms with Crippen LogP contribution in [0.1, 0.15) is 50.2 Å². The predicted molar refractivity (Wildman–Crippen MR) is 136 cm³/mol. The van der Waals surface area contributed by atoms with E-state index in [4.69, 9.17) is 16.3 Å². The highest BCUT2D eigenvalue weighted by molar-refractivity contribution is 7.99. The molecule has 1 aliphatic carbocycles. The Labute approximate surface area is 206 Å². The van der Waals surface area contributed by atoms with E-state index in [2.05, 4.69) is 5.32 Å². The summed E-state index contributed by atoms with van der Waals surface area (Å²) in [5.74, 6) is 1.71. The van der Waals surface area contributed by atoms with E-state index in [0.29, 0.717) is 29.5 Å². The zero-order valence-corrected chi connectivity index (χ0v) is 21.0. The molecule has 178 valence electrons. The first-order chi connectivity index (χ1) is 16.0. The third-order valence-corrected chi connectivity index (χ3v) is 7.25. The van der Waals surface area contributed by atoms with Crippen molar-refractivity contribution in [3.8, 4) is 5.75 Å². The van der Waals surface area contributed by atoms with Gasteiger partial charge in [0.25, 0.3) is 0 Å². The van der Waals surface area contributed by atoms with Gasteiger partial charge in [0.15, 0.2) is 0 Å². The van der Waals surface area contributed by atoms with Gasteiger partial charge >= 0.3 is 0 Å². The van der Waals surface area contributed by atoms with Crippen LogP contribution in [-0.2, 0) is 21.9 Å². The molecule has 1 N–H and O–H groups in total. The molecule has 0 unspecified atom stereocenters. The Bertz CT molecular complexity index is 899. The lowest BCUT2D eigenvalue weighted by Gasteiger charge is -2.31. The fourth-order valence-corrected chi connectivity index (χ4v) is 5.13. The largest absolute Gasteiger partial charge is 0.497 e. The van der Waals surface area contributed by atoms with Gasteiger partial charge in [-0.3, -0.25) is 9.59 Å². The van der Waals surface area contributed by atoms with E-state index in [1.165, 1.54) is 0 Å². The lowest BCUT2D eigenvalue weighted by molar-refractivity contribution is -0.139. The molecule has 2 aromatic carbocycles. The molecule has 2 aromatic rings. The van der Waals surface area contributed by atoms with Gasteiger partial charge in [0.05, 0.1) is 12.9 Å². The number of thioether (sulfide) groups is 1. The number of benzene rings is 2. The number of carbonyl (C=O) groups excluding carboxylic acids is 2. The second-order valence-corrected chi connectivity index (χ2v) is 9.83. The molecular formula is C26H33ClN2O3S. The minimum atomic E-state index is -0.490. The maximum Gasteiger partial charge on any atom is 0.243 e. The number of rotatable bonds is 11. The van der Waals surface area contributed by atoms with E-state index in [1.54, 1.807) is 23.8 Å². The smallest absolute Gasteiger partial charge is 0.243 e. The fraction of sp³-hybridized carbons (Fsp3) is 0.462. The van der Waals surface area contributed by atoms with Crippen LogP contribution in [0.2, 0.25) is 5.02 Å².